The molecule has 2 amide bonds. The number of nitrogens with zero attached hydrogens (tertiary/aromatic N) is 1. The van der Waals surface area contributed by atoms with Crippen LogP contribution < -0.4 is 10.6 Å². The highest BCUT2D eigenvalue weighted by Gasteiger charge is 2.21. The molecule has 0 saturated heterocycles. The summed E-state index contributed by atoms with van der Waals surface area (Å²) in [6, 6.07) is 0. The molecular formula is C17H27N3O2S. The number of hydrogen-bond donors (Lipinski definition) is 2. The molecule has 6 heteroatoms. The van der Waals surface area contributed by atoms with Crippen molar-refractivity contribution in [3.05, 3.63) is 10.6 Å². The van der Waals surface area contributed by atoms with Crippen molar-refractivity contribution in [2.24, 2.45) is 11.3 Å². The van der Waals surface area contributed by atoms with Crippen LogP contribution in [-0.4, -0.2) is 23.3 Å². The SMILES string of the molecule is C[C@H]1CCc2nc(NC(=O)CCCNC(=O)C(C)(C)C)sc2C1. The number of anilines is 1. The van der Waals surface area contributed by atoms with Crippen LogP contribution in [0, 0.1) is 11.3 Å². The van der Waals surface area contributed by atoms with E-state index in [-0.39, 0.29) is 17.2 Å². The molecule has 0 radical (unpaired) electrons. The van der Waals surface area contributed by atoms with Crippen LogP contribution in [0.5, 0.6) is 0 Å². The van der Waals surface area contributed by atoms with Gasteiger partial charge >= 0.3 is 0 Å². The Balaban J connectivity index is 1.72. The molecule has 0 spiro atoms. The van der Waals surface area contributed by atoms with Crippen LogP contribution in [-0.2, 0) is 22.4 Å². The fourth-order valence-electron chi connectivity index (χ4n) is 2.49. The maximum Gasteiger partial charge on any atom is 0.226 e. The highest BCUT2D eigenvalue weighted by molar-refractivity contribution is 7.15. The van der Waals surface area contributed by atoms with Crippen LogP contribution in [0.2, 0.25) is 0 Å². The Labute approximate surface area is 142 Å². The van der Waals surface area contributed by atoms with Gasteiger partial charge in [-0.15, -0.1) is 11.3 Å². The molecule has 1 heterocycles. The molecule has 1 aromatic rings. The van der Waals surface area contributed by atoms with E-state index in [1.54, 1.807) is 11.3 Å². The smallest absolute Gasteiger partial charge is 0.226 e. The van der Waals surface area contributed by atoms with Crippen LogP contribution in [0.15, 0.2) is 0 Å². The topological polar surface area (TPSA) is 71.1 Å². The third kappa shape index (κ3) is 5.30. The van der Waals surface area contributed by atoms with Gasteiger partial charge in [0.05, 0.1) is 5.69 Å². The van der Waals surface area contributed by atoms with E-state index in [1.807, 2.05) is 20.8 Å². The van der Waals surface area contributed by atoms with Gasteiger partial charge in [-0.05, 0) is 31.6 Å². The maximum absolute atomic E-state index is 12.0. The number of thiazole rings is 1. The number of fused-ring (bicyclic) bond motifs is 1. The second-order valence-corrected chi connectivity index (χ2v) is 8.48. The molecule has 0 unspecified atom stereocenters. The second kappa shape index (κ2) is 7.43. The number of hydrogen-bond acceptors (Lipinski definition) is 4. The fourth-order valence-corrected chi connectivity index (χ4v) is 3.68. The minimum Gasteiger partial charge on any atom is -0.356 e. The summed E-state index contributed by atoms with van der Waals surface area (Å²) >= 11 is 1.60. The summed E-state index contributed by atoms with van der Waals surface area (Å²) in [5, 5.41) is 6.46. The van der Waals surface area contributed by atoms with Gasteiger partial charge < -0.3 is 10.6 Å². The first-order valence-corrected chi connectivity index (χ1v) is 9.14. The Bertz CT molecular complexity index is 575. The number of nitrogens with one attached hydrogen (secondary N) is 2. The van der Waals surface area contributed by atoms with Crippen LogP contribution >= 0.6 is 11.3 Å². The number of aryl methyl sites for hydroxylation is 1. The molecule has 0 fully saturated rings. The highest BCUT2D eigenvalue weighted by atomic mass is 32.1. The molecule has 5 nitrogen and oxygen atoms in total. The zero-order valence-corrected chi connectivity index (χ0v) is 15.3. The lowest BCUT2D eigenvalue weighted by Gasteiger charge is -2.17. The van der Waals surface area contributed by atoms with E-state index in [0.717, 1.165) is 18.5 Å². The molecule has 1 aliphatic rings. The Morgan fingerprint density at radius 1 is 1.35 bits per heavy atom. The van der Waals surface area contributed by atoms with E-state index < -0.39 is 0 Å². The molecule has 1 atom stereocenters. The number of amides is 2. The predicted octanol–water partition coefficient (Wildman–Crippen LogP) is 3.15. The zero-order chi connectivity index (χ0) is 17.0. The minimum absolute atomic E-state index is 0.0135. The van der Waals surface area contributed by atoms with Crippen LogP contribution in [0.3, 0.4) is 0 Å². The predicted molar refractivity (Wildman–Crippen MR) is 93.6 cm³/mol. The number of carbonyl (C=O) groups is 2. The summed E-state index contributed by atoms with van der Waals surface area (Å²) in [5.74, 6) is 0.687. The second-order valence-electron chi connectivity index (χ2n) is 7.39. The highest BCUT2D eigenvalue weighted by Crippen LogP contribution is 2.32. The monoisotopic (exact) mass is 337 g/mol. The molecule has 1 aromatic heterocycles. The van der Waals surface area contributed by atoms with E-state index in [9.17, 15) is 9.59 Å². The lowest BCUT2D eigenvalue weighted by Crippen LogP contribution is -2.35. The van der Waals surface area contributed by atoms with Gasteiger partial charge in [0.1, 0.15) is 0 Å². The maximum atomic E-state index is 12.0. The van der Waals surface area contributed by atoms with Crippen LogP contribution in [0.25, 0.3) is 0 Å². The molecule has 0 aliphatic heterocycles. The summed E-state index contributed by atoms with van der Waals surface area (Å²) in [5.41, 5.74) is 0.764. The first kappa shape index (κ1) is 17.9. The zero-order valence-electron chi connectivity index (χ0n) is 14.5. The Morgan fingerprint density at radius 3 is 2.78 bits per heavy atom. The average molecular weight is 337 g/mol. The number of rotatable bonds is 5. The quantitative estimate of drug-likeness (QED) is 0.811. The third-order valence-electron chi connectivity index (χ3n) is 3.98. The summed E-state index contributed by atoms with van der Waals surface area (Å²) in [6.07, 6.45) is 4.29. The van der Waals surface area contributed by atoms with Gasteiger partial charge in [-0.1, -0.05) is 27.7 Å². The van der Waals surface area contributed by atoms with Gasteiger partial charge in [-0.25, -0.2) is 4.98 Å². The average Bonchev–Trinajstić information content (AvgIpc) is 2.83. The third-order valence-corrected chi connectivity index (χ3v) is 5.02. The summed E-state index contributed by atoms with van der Waals surface area (Å²) in [6.45, 7) is 8.41. The minimum atomic E-state index is -0.390. The molecule has 1 aliphatic carbocycles. The molecule has 0 bridgehead atoms. The van der Waals surface area contributed by atoms with Gasteiger partial charge in [0.15, 0.2) is 5.13 Å². The van der Waals surface area contributed by atoms with Crippen molar-refractivity contribution < 1.29 is 9.59 Å². The lowest BCUT2D eigenvalue weighted by molar-refractivity contribution is -0.128. The molecule has 2 rings (SSSR count). The molecule has 2 N–H and O–H groups in total. The van der Waals surface area contributed by atoms with E-state index in [0.29, 0.717) is 30.4 Å². The van der Waals surface area contributed by atoms with E-state index >= 15 is 0 Å². The summed E-state index contributed by atoms with van der Waals surface area (Å²) in [7, 11) is 0. The van der Waals surface area contributed by atoms with Gasteiger partial charge in [-0.3, -0.25) is 9.59 Å². The molecule has 23 heavy (non-hydrogen) atoms. The largest absolute Gasteiger partial charge is 0.356 e. The lowest BCUT2D eigenvalue weighted by atomic mass is 9.93. The van der Waals surface area contributed by atoms with Crippen molar-refractivity contribution in [1.82, 2.24) is 10.3 Å². The Morgan fingerprint density at radius 2 is 2.09 bits per heavy atom. The molecule has 128 valence electrons. The summed E-state index contributed by atoms with van der Waals surface area (Å²) < 4.78 is 0. The van der Waals surface area contributed by atoms with Crippen molar-refractivity contribution in [1.29, 1.82) is 0 Å². The van der Waals surface area contributed by atoms with Crippen LogP contribution in [0.1, 0.15) is 57.5 Å². The van der Waals surface area contributed by atoms with E-state index in [1.165, 1.54) is 11.3 Å². The molecule has 0 saturated carbocycles. The van der Waals surface area contributed by atoms with Crippen molar-refractivity contribution in [2.45, 2.75) is 59.8 Å². The Hall–Kier alpha value is -1.43. The van der Waals surface area contributed by atoms with Crippen molar-refractivity contribution in [3.8, 4) is 0 Å². The number of carbonyl (C=O) groups excluding carboxylic acids is 2. The van der Waals surface area contributed by atoms with Crippen LogP contribution in [0.4, 0.5) is 5.13 Å². The van der Waals surface area contributed by atoms with Crippen molar-refractivity contribution in [2.75, 3.05) is 11.9 Å². The number of aromatic nitrogens is 1. The Kier molecular flexibility index (Phi) is 5.79. The van der Waals surface area contributed by atoms with Crippen molar-refractivity contribution >= 4 is 28.3 Å². The van der Waals surface area contributed by atoms with Gasteiger partial charge in [0, 0.05) is 23.3 Å². The fraction of sp³-hybridized carbons (Fsp3) is 0.706. The summed E-state index contributed by atoms with van der Waals surface area (Å²) in [4.78, 5) is 29.5. The van der Waals surface area contributed by atoms with Crippen molar-refractivity contribution in [3.63, 3.8) is 0 Å². The standard InChI is InChI=1S/C17H27N3O2S/c1-11-7-8-12-13(10-11)23-16(19-12)20-14(21)6-5-9-18-15(22)17(2,3)4/h11H,5-10H2,1-4H3,(H,18,22)(H,19,20,21)/t11-/m0/s1. The van der Waals surface area contributed by atoms with E-state index in [2.05, 4.69) is 22.5 Å². The molecular weight excluding hydrogens is 310 g/mol. The van der Waals surface area contributed by atoms with E-state index in [4.69, 9.17) is 0 Å². The molecule has 0 aromatic carbocycles. The first-order valence-electron chi connectivity index (χ1n) is 8.32. The van der Waals surface area contributed by atoms with Gasteiger partial charge in [0.25, 0.3) is 0 Å². The first-order chi connectivity index (χ1) is 10.8. The van der Waals surface area contributed by atoms with Gasteiger partial charge in [-0.2, -0.15) is 0 Å². The normalized spacial score (nSPS) is 17.5. The van der Waals surface area contributed by atoms with Gasteiger partial charge in [0.2, 0.25) is 11.8 Å².